The van der Waals surface area contributed by atoms with Gasteiger partial charge in [0, 0.05) is 6.20 Å². The van der Waals surface area contributed by atoms with Crippen LogP contribution in [0.25, 0.3) is 5.69 Å². The number of hydrogen-bond donors (Lipinski definition) is 1. The van der Waals surface area contributed by atoms with Crippen molar-refractivity contribution >= 4 is 5.69 Å². The number of alkyl halides is 3. The van der Waals surface area contributed by atoms with Crippen LogP contribution in [0.4, 0.5) is 18.9 Å². The molecule has 0 unspecified atom stereocenters. The van der Waals surface area contributed by atoms with Crippen LogP contribution in [0.3, 0.4) is 0 Å². The van der Waals surface area contributed by atoms with Gasteiger partial charge in [0.05, 0.1) is 35.9 Å². The second kappa shape index (κ2) is 5.17. The molecule has 0 spiro atoms. The Balaban J connectivity index is 1.84. The number of nitrogens with zero attached hydrogens (tertiary/aromatic N) is 5. The largest absolute Gasteiger partial charge is 0.416 e. The summed E-state index contributed by atoms with van der Waals surface area (Å²) in [5, 5.41) is 11.8. The minimum atomic E-state index is -4.40. The van der Waals surface area contributed by atoms with Crippen LogP contribution < -0.4 is 5.73 Å². The van der Waals surface area contributed by atoms with Gasteiger partial charge in [0.25, 0.3) is 0 Å². The molecular weight excluding hydrogens is 297 g/mol. The standard InChI is InChI=1S/C13H11F3N6/c14-13(15,16)9-2-1-3-12(4-9)22-8-11(19-20-22)7-21-6-10(17)5-18-21/h1-6,8H,7,17H2. The molecule has 3 aromatic rings. The molecule has 3 rings (SSSR count). The summed E-state index contributed by atoms with van der Waals surface area (Å²) in [5.74, 6) is 0. The maximum Gasteiger partial charge on any atom is 0.416 e. The van der Waals surface area contributed by atoms with Gasteiger partial charge in [-0.3, -0.25) is 4.68 Å². The fraction of sp³-hybridized carbons (Fsp3) is 0.154. The van der Waals surface area contributed by atoms with Crippen LogP contribution >= 0.6 is 0 Å². The molecule has 2 aromatic heterocycles. The minimum Gasteiger partial charge on any atom is -0.396 e. The maximum atomic E-state index is 12.7. The zero-order valence-corrected chi connectivity index (χ0v) is 11.2. The third kappa shape index (κ3) is 2.92. The molecule has 0 amide bonds. The highest BCUT2D eigenvalue weighted by atomic mass is 19.4. The Kier molecular flexibility index (Phi) is 3.32. The first-order valence-corrected chi connectivity index (χ1v) is 6.28. The summed E-state index contributed by atoms with van der Waals surface area (Å²) >= 11 is 0. The number of benzene rings is 1. The molecule has 1 aromatic carbocycles. The Bertz CT molecular complexity index is 789. The molecule has 0 aliphatic rings. The SMILES string of the molecule is Nc1cnn(Cc2cn(-c3cccc(C(F)(F)F)c3)nn2)c1. The first kappa shape index (κ1) is 14.1. The van der Waals surface area contributed by atoms with E-state index < -0.39 is 11.7 Å². The van der Waals surface area contributed by atoms with Gasteiger partial charge in [-0.15, -0.1) is 5.10 Å². The van der Waals surface area contributed by atoms with Gasteiger partial charge in [-0.05, 0) is 18.2 Å². The number of aromatic nitrogens is 5. The third-order valence-electron chi connectivity index (χ3n) is 2.96. The van der Waals surface area contributed by atoms with Crippen molar-refractivity contribution in [2.24, 2.45) is 0 Å². The highest BCUT2D eigenvalue weighted by molar-refractivity contribution is 5.36. The van der Waals surface area contributed by atoms with E-state index in [0.29, 0.717) is 17.9 Å². The Morgan fingerprint density at radius 1 is 1.18 bits per heavy atom. The van der Waals surface area contributed by atoms with Crippen LogP contribution in [0.2, 0.25) is 0 Å². The third-order valence-corrected chi connectivity index (χ3v) is 2.96. The molecule has 2 heterocycles. The molecule has 114 valence electrons. The Hall–Kier alpha value is -2.84. The van der Waals surface area contributed by atoms with Crippen LogP contribution in [0.5, 0.6) is 0 Å². The van der Waals surface area contributed by atoms with E-state index in [1.165, 1.54) is 23.0 Å². The number of rotatable bonds is 3. The molecule has 0 saturated heterocycles. The highest BCUT2D eigenvalue weighted by Gasteiger charge is 2.30. The number of hydrogen-bond acceptors (Lipinski definition) is 4. The molecule has 0 aliphatic carbocycles. The predicted octanol–water partition coefficient (Wildman–Crippen LogP) is 2.11. The number of nitrogens with two attached hydrogens (primary N) is 1. The first-order chi connectivity index (χ1) is 10.4. The maximum absolute atomic E-state index is 12.7. The molecule has 6 nitrogen and oxygen atoms in total. The summed E-state index contributed by atoms with van der Waals surface area (Å²) in [5.41, 5.74) is 6.18. The van der Waals surface area contributed by atoms with Gasteiger partial charge in [0.15, 0.2) is 0 Å². The summed E-state index contributed by atoms with van der Waals surface area (Å²) in [7, 11) is 0. The molecule has 0 bridgehead atoms. The lowest BCUT2D eigenvalue weighted by Crippen LogP contribution is -2.06. The Morgan fingerprint density at radius 3 is 2.68 bits per heavy atom. The minimum absolute atomic E-state index is 0.286. The average molecular weight is 308 g/mol. The number of nitrogen functional groups attached to an aromatic ring is 1. The van der Waals surface area contributed by atoms with E-state index >= 15 is 0 Å². The molecule has 9 heteroatoms. The van der Waals surface area contributed by atoms with E-state index in [9.17, 15) is 13.2 Å². The molecule has 0 atom stereocenters. The summed E-state index contributed by atoms with van der Waals surface area (Å²) in [6, 6.07) is 4.88. The first-order valence-electron chi connectivity index (χ1n) is 6.28. The smallest absolute Gasteiger partial charge is 0.396 e. The Labute approximate surface area is 123 Å². The summed E-state index contributed by atoms with van der Waals surface area (Å²) < 4.78 is 41.0. The van der Waals surface area contributed by atoms with E-state index in [2.05, 4.69) is 15.4 Å². The zero-order chi connectivity index (χ0) is 15.7. The molecule has 0 fully saturated rings. The lowest BCUT2D eigenvalue weighted by atomic mass is 10.2. The van der Waals surface area contributed by atoms with Gasteiger partial charge in [0.2, 0.25) is 0 Å². The van der Waals surface area contributed by atoms with Crippen molar-refractivity contribution in [2.45, 2.75) is 12.7 Å². The monoisotopic (exact) mass is 308 g/mol. The predicted molar refractivity (Wildman–Crippen MR) is 72.1 cm³/mol. The van der Waals surface area contributed by atoms with Crippen LogP contribution in [-0.4, -0.2) is 24.8 Å². The number of halogens is 3. The molecule has 0 aliphatic heterocycles. The van der Waals surface area contributed by atoms with Gasteiger partial charge in [0.1, 0.15) is 5.69 Å². The van der Waals surface area contributed by atoms with Crippen molar-refractivity contribution in [3.8, 4) is 5.69 Å². The van der Waals surface area contributed by atoms with E-state index in [1.807, 2.05) is 0 Å². The molecule has 2 N–H and O–H groups in total. The molecule has 0 saturated carbocycles. The number of anilines is 1. The quantitative estimate of drug-likeness (QED) is 0.804. The summed E-state index contributed by atoms with van der Waals surface area (Å²) in [6.45, 7) is 0.330. The van der Waals surface area contributed by atoms with Crippen molar-refractivity contribution in [1.82, 2.24) is 24.8 Å². The fourth-order valence-corrected chi connectivity index (χ4v) is 1.95. The van der Waals surface area contributed by atoms with Gasteiger partial charge < -0.3 is 5.73 Å². The average Bonchev–Trinajstić information content (AvgIpc) is 3.08. The van der Waals surface area contributed by atoms with Crippen LogP contribution in [0.1, 0.15) is 11.3 Å². The van der Waals surface area contributed by atoms with Gasteiger partial charge in [-0.1, -0.05) is 11.3 Å². The summed E-state index contributed by atoms with van der Waals surface area (Å²) in [4.78, 5) is 0. The van der Waals surface area contributed by atoms with E-state index in [4.69, 9.17) is 5.73 Å². The molecular formula is C13H11F3N6. The van der Waals surface area contributed by atoms with Crippen LogP contribution in [0, 0.1) is 0 Å². The summed E-state index contributed by atoms with van der Waals surface area (Å²) in [6.07, 6.45) is 0.278. The van der Waals surface area contributed by atoms with Crippen molar-refractivity contribution < 1.29 is 13.2 Å². The Morgan fingerprint density at radius 2 is 2.00 bits per heavy atom. The second-order valence-electron chi connectivity index (χ2n) is 4.67. The second-order valence-corrected chi connectivity index (χ2v) is 4.67. The lowest BCUT2D eigenvalue weighted by molar-refractivity contribution is -0.137. The van der Waals surface area contributed by atoms with Crippen molar-refractivity contribution in [3.05, 3.63) is 54.1 Å². The fourth-order valence-electron chi connectivity index (χ4n) is 1.95. The zero-order valence-electron chi connectivity index (χ0n) is 11.2. The van der Waals surface area contributed by atoms with Gasteiger partial charge >= 0.3 is 6.18 Å². The van der Waals surface area contributed by atoms with Crippen LogP contribution in [-0.2, 0) is 12.7 Å². The van der Waals surface area contributed by atoms with E-state index in [0.717, 1.165) is 12.1 Å². The van der Waals surface area contributed by atoms with Gasteiger partial charge in [-0.25, -0.2) is 4.68 Å². The lowest BCUT2D eigenvalue weighted by Gasteiger charge is -2.08. The normalized spacial score (nSPS) is 11.8. The topological polar surface area (TPSA) is 74.5 Å². The van der Waals surface area contributed by atoms with E-state index in [-0.39, 0.29) is 5.69 Å². The van der Waals surface area contributed by atoms with Crippen LogP contribution in [0.15, 0.2) is 42.9 Å². The molecule has 22 heavy (non-hydrogen) atoms. The van der Waals surface area contributed by atoms with E-state index in [1.54, 1.807) is 17.1 Å². The van der Waals surface area contributed by atoms with Crippen molar-refractivity contribution in [2.75, 3.05) is 5.73 Å². The van der Waals surface area contributed by atoms with Gasteiger partial charge in [-0.2, -0.15) is 18.3 Å². The van der Waals surface area contributed by atoms with Crippen molar-refractivity contribution in [1.29, 1.82) is 0 Å². The highest BCUT2D eigenvalue weighted by Crippen LogP contribution is 2.30. The molecule has 0 radical (unpaired) electrons. The van der Waals surface area contributed by atoms with Crippen molar-refractivity contribution in [3.63, 3.8) is 0 Å².